The van der Waals surface area contributed by atoms with Crippen molar-refractivity contribution in [1.29, 1.82) is 0 Å². The van der Waals surface area contributed by atoms with Crippen molar-refractivity contribution in [2.24, 2.45) is 5.92 Å². The van der Waals surface area contributed by atoms with Crippen molar-refractivity contribution < 1.29 is 42.6 Å². The third kappa shape index (κ3) is 5.09. The molecule has 1 aromatic rings. The number of unbranched alkanes of at least 4 members (excludes halogenated alkanes) is 1. The van der Waals surface area contributed by atoms with E-state index < -0.39 is 43.8 Å². The highest BCUT2D eigenvalue weighted by atomic mass is 28.4. The SMILES string of the molecule is COC(=O)CCCCN1C(=O)[C@@]2(O[C@@H](CCO)[C@H]([Si](C)(C)F)[C@H]2C)c2cc(N3C(=O)CC3OC(C)=O)ccc21. The van der Waals surface area contributed by atoms with Gasteiger partial charge in [0, 0.05) is 49.2 Å². The summed E-state index contributed by atoms with van der Waals surface area (Å²) in [7, 11) is -2.03. The number of fused-ring (bicyclic) bond motifs is 2. The number of nitrogens with zero attached hydrogens (tertiary/aromatic N) is 2. The monoisotopic (exact) mass is 564 g/mol. The molecular formula is C27H37FN2O8Si. The maximum absolute atomic E-state index is 15.7. The summed E-state index contributed by atoms with van der Waals surface area (Å²) in [6.07, 6.45) is 0.109. The van der Waals surface area contributed by atoms with Crippen LogP contribution in [-0.4, -0.2) is 69.9 Å². The van der Waals surface area contributed by atoms with Gasteiger partial charge in [-0.15, -0.1) is 0 Å². The number of aliphatic hydroxyl groups excluding tert-OH is 1. The summed E-state index contributed by atoms with van der Waals surface area (Å²) < 4.78 is 32.2. The molecule has 3 heterocycles. The molecule has 0 bridgehead atoms. The van der Waals surface area contributed by atoms with E-state index in [0.29, 0.717) is 36.3 Å². The van der Waals surface area contributed by atoms with Crippen molar-refractivity contribution in [2.45, 2.75) is 82.5 Å². The number of carbonyl (C=O) groups excluding carboxylic acids is 4. The zero-order chi connectivity index (χ0) is 28.7. The second-order valence-corrected chi connectivity index (χ2v) is 14.8. The smallest absolute Gasteiger partial charge is 0.305 e. The van der Waals surface area contributed by atoms with Crippen LogP contribution in [0, 0.1) is 5.92 Å². The molecule has 10 nitrogen and oxygen atoms in total. The van der Waals surface area contributed by atoms with Crippen molar-refractivity contribution in [3.8, 4) is 0 Å². The van der Waals surface area contributed by atoms with Gasteiger partial charge in [-0.1, -0.05) is 6.92 Å². The maximum atomic E-state index is 15.7. The van der Waals surface area contributed by atoms with Gasteiger partial charge in [-0.05, 0) is 50.6 Å². The molecule has 4 rings (SSSR count). The quantitative estimate of drug-likeness (QED) is 0.151. The fourth-order valence-electron chi connectivity index (χ4n) is 6.43. The highest BCUT2D eigenvalue weighted by Gasteiger charge is 2.66. The van der Waals surface area contributed by atoms with E-state index in [1.54, 1.807) is 36.2 Å². The Kier molecular flexibility index (Phi) is 8.20. The first-order chi connectivity index (χ1) is 18.4. The molecule has 0 saturated carbocycles. The number of esters is 2. The Bertz CT molecular complexity index is 1160. The first-order valence-corrected chi connectivity index (χ1v) is 16.3. The van der Waals surface area contributed by atoms with Crippen LogP contribution in [0.4, 0.5) is 15.5 Å². The second-order valence-electron chi connectivity index (χ2n) is 11.0. The van der Waals surface area contributed by atoms with Crippen LogP contribution >= 0.6 is 0 Å². The van der Waals surface area contributed by atoms with Crippen LogP contribution in [0.3, 0.4) is 0 Å². The predicted octanol–water partition coefficient (Wildman–Crippen LogP) is 3.16. The Hall–Kier alpha value is -2.83. The molecule has 5 atom stereocenters. The minimum absolute atomic E-state index is 0.0578. The zero-order valence-corrected chi connectivity index (χ0v) is 24.1. The fourth-order valence-corrected chi connectivity index (χ4v) is 8.97. The maximum Gasteiger partial charge on any atom is 0.305 e. The van der Waals surface area contributed by atoms with Gasteiger partial charge in [-0.3, -0.25) is 24.1 Å². The van der Waals surface area contributed by atoms with E-state index in [2.05, 4.69) is 0 Å². The average Bonchev–Trinajstić information content (AvgIpc) is 3.27. The van der Waals surface area contributed by atoms with E-state index in [4.69, 9.17) is 14.2 Å². The number of ether oxygens (including phenoxy) is 3. The molecule has 1 N–H and O–H groups in total. The highest BCUT2D eigenvalue weighted by molar-refractivity contribution is 6.72. The third-order valence-electron chi connectivity index (χ3n) is 8.08. The van der Waals surface area contributed by atoms with Crippen molar-refractivity contribution in [2.75, 3.05) is 30.1 Å². The summed E-state index contributed by atoms with van der Waals surface area (Å²) in [4.78, 5) is 52.8. The van der Waals surface area contributed by atoms with E-state index in [1.807, 2.05) is 6.92 Å². The number of halogens is 1. The molecule has 2 fully saturated rings. The molecule has 0 aliphatic carbocycles. The number of methoxy groups -OCH3 is 1. The van der Waals surface area contributed by atoms with Crippen molar-refractivity contribution in [3.05, 3.63) is 23.8 Å². The van der Waals surface area contributed by atoms with Gasteiger partial charge in [0.15, 0.2) is 11.8 Å². The molecule has 214 valence electrons. The fraction of sp³-hybridized carbons (Fsp3) is 0.630. The molecule has 3 aliphatic heterocycles. The number of aliphatic hydroxyl groups is 1. The van der Waals surface area contributed by atoms with E-state index in [-0.39, 0.29) is 43.7 Å². The summed E-state index contributed by atoms with van der Waals surface area (Å²) >= 11 is 0. The summed E-state index contributed by atoms with van der Waals surface area (Å²) in [6.45, 7) is 6.37. The van der Waals surface area contributed by atoms with Crippen LogP contribution in [-0.2, 0) is 39.0 Å². The lowest BCUT2D eigenvalue weighted by molar-refractivity contribution is -0.154. The topological polar surface area (TPSA) is 123 Å². The predicted molar refractivity (Wildman–Crippen MR) is 142 cm³/mol. The molecule has 2 amide bonds. The molecule has 1 aromatic carbocycles. The van der Waals surface area contributed by atoms with Gasteiger partial charge in [0.2, 0.25) is 14.3 Å². The van der Waals surface area contributed by atoms with E-state index in [9.17, 15) is 24.3 Å². The van der Waals surface area contributed by atoms with Crippen molar-refractivity contribution in [3.63, 3.8) is 0 Å². The van der Waals surface area contributed by atoms with Gasteiger partial charge < -0.3 is 28.3 Å². The Morgan fingerprint density at radius 2 is 1.97 bits per heavy atom. The average molecular weight is 565 g/mol. The van der Waals surface area contributed by atoms with E-state index in [0.717, 1.165) is 0 Å². The molecule has 1 spiro atoms. The minimum atomic E-state index is -3.35. The van der Waals surface area contributed by atoms with Crippen LogP contribution in [0.25, 0.3) is 0 Å². The molecule has 1 unspecified atom stereocenters. The lowest BCUT2D eigenvalue weighted by atomic mass is 9.82. The Morgan fingerprint density at radius 1 is 1.26 bits per heavy atom. The highest BCUT2D eigenvalue weighted by Crippen LogP contribution is 2.60. The molecular weight excluding hydrogens is 527 g/mol. The van der Waals surface area contributed by atoms with Crippen LogP contribution in [0.2, 0.25) is 18.6 Å². The van der Waals surface area contributed by atoms with Gasteiger partial charge in [-0.2, -0.15) is 0 Å². The number of β-lactam (4-membered cyclic amide) rings is 1. The minimum Gasteiger partial charge on any atom is -0.469 e. The van der Waals surface area contributed by atoms with Gasteiger partial charge in [-0.25, -0.2) is 0 Å². The van der Waals surface area contributed by atoms with Crippen LogP contribution in [0.5, 0.6) is 0 Å². The molecule has 0 aromatic heterocycles. The summed E-state index contributed by atoms with van der Waals surface area (Å²) in [5, 5.41) is 9.73. The summed E-state index contributed by atoms with van der Waals surface area (Å²) in [6, 6.07) is 5.13. The molecule has 0 radical (unpaired) electrons. The third-order valence-corrected chi connectivity index (χ3v) is 10.5. The Labute approximate surface area is 228 Å². The first-order valence-electron chi connectivity index (χ1n) is 13.4. The number of rotatable bonds is 10. The van der Waals surface area contributed by atoms with Crippen LogP contribution < -0.4 is 9.80 Å². The zero-order valence-electron chi connectivity index (χ0n) is 23.1. The number of anilines is 2. The lowest BCUT2D eigenvalue weighted by Gasteiger charge is -2.39. The first kappa shape index (κ1) is 29.2. The number of amides is 2. The molecule has 3 aliphatic rings. The normalized spacial score (nSPS) is 28.1. The summed E-state index contributed by atoms with van der Waals surface area (Å²) in [5.41, 5.74) is -0.489. The van der Waals surface area contributed by atoms with Crippen molar-refractivity contribution >= 4 is 43.5 Å². The largest absolute Gasteiger partial charge is 0.469 e. The van der Waals surface area contributed by atoms with Gasteiger partial charge in [0.05, 0.1) is 25.3 Å². The Balaban J connectivity index is 1.75. The lowest BCUT2D eigenvalue weighted by Crippen LogP contribution is -2.55. The number of carbonyl (C=O) groups is 4. The molecule has 2 saturated heterocycles. The summed E-state index contributed by atoms with van der Waals surface area (Å²) in [5.74, 6) is -1.94. The molecule has 39 heavy (non-hydrogen) atoms. The standard InChI is InChI=1S/C27H37FN2O8Si/c1-16-25(39(4,5)28)21(11-13-31)38-27(16)19-14-18(30-22(33)15-23(30)37-17(2)32)9-10-20(19)29(26(27)35)12-7-6-8-24(34)36-3/h9-10,14,16,21,23,25,31H,6-8,11-13,15H2,1-5H3/t16-,21+,23?,25-,27+/m1/s1. The van der Waals surface area contributed by atoms with Crippen molar-refractivity contribution in [1.82, 2.24) is 0 Å². The van der Waals surface area contributed by atoms with Gasteiger partial charge in [0.25, 0.3) is 5.91 Å². The van der Waals surface area contributed by atoms with Gasteiger partial charge >= 0.3 is 11.9 Å². The second kappa shape index (κ2) is 11.0. The Morgan fingerprint density at radius 3 is 2.56 bits per heavy atom. The van der Waals surface area contributed by atoms with Crippen LogP contribution in [0.1, 0.15) is 51.5 Å². The number of benzene rings is 1. The van der Waals surface area contributed by atoms with Gasteiger partial charge in [0.1, 0.15) is 0 Å². The van der Waals surface area contributed by atoms with Crippen LogP contribution in [0.15, 0.2) is 18.2 Å². The van der Waals surface area contributed by atoms with E-state index >= 15 is 4.11 Å². The van der Waals surface area contributed by atoms with E-state index in [1.165, 1.54) is 18.9 Å². The number of hydrogen-bond donors (Lipinski definition) is 1. The molecule has 12 heteroatoms. The number of hydrogen-bond acceptors (Lipinski definition) is 8.